The van der Waals surface area contributed by atoms with Gasteiger partial charge in [-0.05, 0) is 98.0 Å². The molecule has 1 fully saturated rings. The third-order valence-corrected chi connectivity index (χ3v) is 7.87. The first-order valence-electron chi connectivity index (χ1n) is 12.8. The minimum absolute atomic E-state index is 0.00487. The Morgan fingerprint density at radius 3 is 2.47 bits per heavy atom. The fraction of sp³-hybridized carbons (Fsp3) is 0.630. The van der Waals surface area contributed by atoms with Crippen LogP contribution in [0.5, 0.6) is 0 Å². The second-order valence-electron chi connectivity index (χ2n) is 11.1. The van der Waals surface area contributed by atoms with E-state index in [2.05, 4.69) is 92.1 Å². The Balaban J connectivity index is 1.80. The highest BCUT2D eigenvalue weighted by atomic mass is 16.1. The molecule has 7 heteroatoms. The predicted molar refractivity (Wildman–Crippen MR) is 137 cm³/mol. The van der Waals surface area contributed by atoms with E-state index in [1.165, 1.54) is 24.0 Å². The number of aryl methyl sites for hydroxylation is 2. The molecule has 0 spiro atoms. The maximum Gasteiger partial charge on any atom is 0.252 e. The molecule has 4 rings (SSSR count). The topological polar surface area (TPSA) is 79.7 Å². The van der Waals surface area contributed by atoms with Gasteiger partial charge in [-0.2, -0.15) is 0 Å². The lowest BCUT2D eigenvalue weighted by Gasteiger charge is -2.39. The van der Waals surface area contributed by atoms with Crippen molar-refractivity contribution in [3.8, 4) is 0 Å². The summed E-state index contributed by atoms with van der Waals surface area (Å²) in [5.74, 6) is 1.19. The Bertz CT molecular complexity index is 1200. The standard InChI is InChI=1S/C27H40N6O/c1-8-27(6,7)33-25(29-30-31-33)24(17(2)3)32(22-11-9-10-12-22)16-21-15-20-13-18(4)19(5)14-23(20)28-26(21)34/h13-15,17,22,24H,8-12,16H2,1-7H3,(H,28,34). The molecule has 1 aliphatic carbocycles. The van der Waals surface area contributed by atoms with Crippen molar-refractivity contribution in [1.82, 2.24) is 30.1 Å². The van der Waals surface area contributed by atoms with Crippen molar-refractivity contribution < 1.29 is 0 Å². The Kier molecular flexibility index (Phi) is 6.94. The van der Waals surface area contributed by atoms with Crippen molar-refractivity contribution in [2.45, 2.75) is 105 Å². The number of fused-ring (bicyclic) bond motifs is 1. The molecule has 34 heavy (non-hydrogen) atoms. The van der Waals surface area contributed by atoms with Crippen molar-refractivity contribution in [1.29, 1.82) is 0 Å². The van der Waals surface area contributed by atoms with Crippen molar-refractivity contribution in [2.24, 2.45) is 5.92 Å². The zero-order chi connectivity index (χ0) is 24.6. The lowest BCUT2D eigenvalue weighted by molar-refractivity contribution is 0.0791. The number of rotatable bonds is 8. The predicted octanol–water partition coefficient (Wildman–Crippen LogP) is 5.42. The number of nitrogens with one attached hydrogen (secondary N) is 1. The summed E-state index contributed by atoms with van der Waals surface area (Å²) in [4.78, 5) is 18.9. The van der Waals surface area contributed by atoms with Crippen LogP contribution in [0, 0.1) is 19.8 Å². The van der Waals surface area contributed by atoms with Crippen LogP contribution in [0.2, 0.25) is 0 Å². The molecule has 2 heterocycles. The first kappa shape index (κ1) is 24.6. The molecular formula is C27H40N6O. The van der Waals surface area contributed by atoms with E-state index >= 15 is 0 Å². The molecule has 1 saturated carbocycles. The van der Waals surface area contributed by atoms with Gasteiger partial charge in [-0.3, -0.25) is 9.69 Å². The van der Waals surface area contributed by atoms with E-state index in [4.69, 9.17) is 0 Å². The molecular weight excluding hydrogens is 424 g/mol. The van der Waals surface area contributed by atoms with Crippen LogP contribution in [0.15, 0.2) is 23.0 Å². The Morgan fingerprint density at radius 1 is 1.15 bits per heavy atom. The van der Waals surface area contributed by atoms with Gasteiger partial charge < -0.3 is 4.98 Å². The van der Waals surface area contributed by atoms with Crippen LogP contribution in [0.25, 0.3) is 10.9 Å². The number of benzene rings is 1. The molecule has 184 valence electrons. The molecule has 1 N–H and O–H groups in total. The third-order valence-electron chi connectivity index (χ3n) is 7.87. The van der Waals surface area contributed by atoms with Crippen LogP contribution < -0.4 is 5.56 Å². The molecule has 0 aliphatic heterocycles. The number of aromatic nitrogens is 5. The monoisotopic (exact) mass is 464 g/mol. The van der Waals surface area contributed by atoms with Crippen molar-refractivity contribution >= 4 is 10.9 Å². The summed E-state index contributed by atoms with van der Waals surface area (Å²) in [6.07, 6.45) is 5.67. The highest BCUT2D eigenvalue weighted by Gasteiger charge is 2.37. The van der Waals surface area contributed by atoms with Gasteiger partial charge >= 0.3 is 0 Å². The maximum absolute atomic E-state index is 13.2. The van der Waals surface area contributed by atoms with Gasteiger partial charge in [0, 0.05) is 23.7 Å². The SMILES string of the molecule is CCC(C)(C)n1nnnc1C(C(C)C)N(Cc1cc2cc(C)c(C)cc2[nH]c1=O)C1CCCC1. The van der Waals surface area contributed by atoms with Crippen molar-refractivity contribution in [3.05, 3.63) is 51.1 Å². The molecule has 0 bridgehead atoms. The second kappa shape index (κ2) is 9.61. The molecule has 7 nitrogen and oxygen atoms in total. The molecule has 1 atom stereocenters. The first-order valence-corrected chi connectivity index (χ1v) is 12.8. The van der Waals surface area contributed by atoms with Crippen LogP contribution in [0.4, 0.5) is 0 Å². The Labute approximate surface area is 202 Å². The van der Waals surface area contributed by atoms with Gasteiger partial charge in [-0.1, -0.05) is 33.6 Å². The van der Waals surface area contributed by atoms with Gasteiger partial charge in [0.05, 0.1) is 11.6 Å². The van der Waals surface area contributed by atoms with Gasteiger partial charge in [-0.25, -0.2) is 4.68 Å². The van der Waals surface area contributed by atoms with Gasteiger partial charge in [0.2, 0.25) is 0 Å². The van der Waals surface area contributed by atoms with Crippen LogP contribution in [-0.4, -0.2) is 36.1 Å². The molecule has 0 saturated heterocycles. The van der Waals surface area contributed by atoms with Gasteiger partial charge in [0.1, 0.15) is 0 Å². The van der Waals surface area contributed by atoms with E-state index in [0.29, 0.717) is 18.5 Å². The van der Waals surface area contributed by atoms with E-state index in [9.17, 15) is 4.79 Å². The smallest absolute Gasteiger partial charge is 0.252 e. The summed E-state index contributed by atoms with van der Waals surface area (Å²) < 4.78 is 2.01. The summed E-state index contributed by atoms with van der Waals surface area (Å²) in [5.41, 5.74) is 3.95. The van der Waals surface area contributed by atoms with Crippen LogP contribution in [-0.2, 0) is 12.1 Å². The Hall–Kier alpha value is -2.54. The highest BCUT2D eigenvalue weighted by molar-refractivity contribution is 5.80. The summed E-state index contributed by atoms with van der Waals surface area (Å²) >= 11 is 0. The van der Waals surface area contributed by atoms with E-state index in [1.807, 2.05) is 4.68 Å². The lowest BCUT2D eigenvalue weighted by Crippen LogP contribution is -2.42. The van der Waals surface area contributed by atoms with Gasteiger partial charge in [0.25, 0.3) is 5.56 Å². The molecule has 1 unspecified atom stereocenters. The first-order chi connectivity index (χ1) is 16.1. The number of hydrogen-bond donors (Lipinski definition) is 1. The fourth-order valence-electron chi connectivity index (χ4n) is 5.32. The number of nitrogens with zero attached hydrogens (tertiary/aromatic N) is 5. The quantitative estimate of drug-likeness (QED) is 0.482. The molecule has 1 aliphatic rings. The number of tetrazole rings is 1. The zero-order valence-electron chi connectivity index (χ0n) is 21.9. The average molecular weight is 465 g/mol. The van der Waals surface area contributed by atoms with Crippen molar-refractivity contribution in [2.75, 3.05) is 0 Å². The highest BCUT2D eigenvalue weighted by Crippen LogP contribution is 2.37. The number of hydrogen-bond acceptors (Lipinski definition) is 5. The van der Waals surface area contributed by atoms with Gasteiger partial charge in [0.15, 0.2) is 5.82 Å². The van der Waals surface area contributed by atoms with E-state index in [-0.39, 0.29) is 17.1 Å². The normalized spacial score (nSPS) is 16.3. The molecule has 0 amide bonds. The number of H-pyrrole nitrogens is 1. The fourth-order valence-corrected chi connectivity index (χ4v) is 5.32. The largest absolute Gasteiger partial charge is 0.322 e. The van der Waals surface area contributed by atoms with Crippen LogP contribution >= 0.6 is 0 Å². The molecule has 3 aromatic rings. The molecule has 0 radical (unpaired) electrons. The van der Waals surface area contributed by atoms with Crippen LogP contribution in [0.3, 0.4) is 0 Å². The maximum atomic E-state index is 13.2. The van der Waals surface area contributed by atoms with E-state index < -0.39 is 0 Å². The molecule has 2 aromatic heterocycles. The summed E-state index contributed by atoms with van der Waals surface area (Å²) in [7, 11) is 0. The second-order valence-corrected chi connectivity index (χ2v) is 11.1. The number of pyridine rings is 1. The zero-order valence-corrected chi connectivity index (χ0v) is 21.9. The summed E-state index contributed by atoms with van der Waals surface area (Å²) in [6, 6.07) is 6.77. The van der Waals surface area contributed by atoms with Crippen molar-refractivity contribution in [3.63, 3.8) is 0 Å². The van der Waals surface area contributed by atoms with E-state index in [1.54, 1.807) is 0 Å². The van der Waals surface area contributed by atoms with Crippen LogP contribution in [0.1, 0.15) is 95.3 Å². The minimum Gasteiger partial charge on any atom is -0.322 e. The average Bonchev–Trinajstić information content (AvgIpc) is 3.47. The van der Waals surface area contributed by atoms with E-state index in [0.717, 1.165) is 41.6 Å². The summed E-state index contributed by atoms with van der Waals surface area (Å²) in [6.45, 7) is 15.8. The summed E-state index contributed by atoms with van der Waals surface area (Å²) in [5, 5.41) is 14.2. The third kappa shape index (κ3) is 4.67. The minimum atomic E-state index is -0.177. The number of aromatic amines is 1. The Morgan fingerprint density at radius 2 is 1.82 bits per heavy atom. The lowest BCUT2D eigenvalue weighted by atomic mass is 9.95. The molecule has 1 aromatic carbocycles. The van der Waals surface area contributed by atoms with Gasteiger partial charge in [-0.15, -0.1) is 5.10 Å².